The van der Waals surface area contributed by atoms with Crippen molar-refractivity contribution in [2.45, 2.75) is 124 Å². The molecule has 0 saturated heterocycles. The minimum absolute atomic E-state index is 0.406. The highest BCUT2D eigenvalue weighted by Crippen LogP contribution is 2.30. The van der Waals surface area contributed by atoms with E-state index in [1.807, 2.05) is 0 Å². The van der Waals surface area contributed by atoms with Gasteiger partial charge in [0, 0.05) is 6.04 Å². The first-order valence-electron chi connectivity index (χ1n) is 13.0. The van der Waals surface area contributed by atoms with Crippen LogP contribution in [0.4, 0.5) is 0 Å². The molecule has 1 atom stereocenters. The van der Waals surface area contributed by atoms with Crippen LogP contribution in [0.3, 0.4) is 0 Å². The summed E-state index contributed by atoms with van der Waals surface area (Å²) in [6.45, 7) is 13.3. The zero-order valence-corrected chi connectivity index (χ0v) is 20.9. The van der Waals surface area contributed by atoms with Crippen molar-refractivity contribution in [3.63, 3.8) is 0 Å². The van der Waals surface area contributed by atoms with Gasteiger partial charge in [-0.1, -0.05) is 103 Å². The average molecular weight is 414 g/mol. The largest absolute Gasteiger partial charge is 0.314 e. The van der Waals surface area contributed by atoms with Crippen LogP contribution < -0.4 is 5.32 Å². The Morgan fingerprint density at radius 2 is 1.50 bits per heavy atom. The van der Waals surface area contributed by atoms with Gasteiger partial charge in [0.25, 0.3) is 0 Å². The van der Waals surface area contributed by atoms with Crippen molar-refractivity contribution < 1.29 is 0 Å². The first kappa shape index (κ1) is 25.4. The maximum Gasteiger partial charge on any atom is 0.00671 e. The lowest BCUT2D eigenvalue weighted by atomic mass is 9.80. The second-order valence-corrected chi connectivity index (χ2v) is 12.1. The van der Waals surface area contributed by atoms with Crippen LogP contribution >= 0.6 is 0 Å². The SMILES string of the molecule is CC(C)(C)CCCC(CCCCC(C)(C)Cc1ccccc1)CNC1CCCCC1. The fourth-order valence-electron chi connectivity index (χ4n) is 5.18. The van der Waals surface area contributed by atoms with Crippen molar-refractivity contribution in [3.05, 3.63) is 35.9 Å². The Kier molecular flexibility index (Phi) is 10.9. The van der Waals surface area contributed by atoms with Crippen LogP contribution in [0.1, 0.15) is 117 Å². The van der Waals surface area contributed by atoms with Gasteiger partial charge in [0.05, 0.1) is 0 Å². The monoisotopic (exact) mass is 413 g/mol. The molecular formula is C29H51N. The molecule has 172 valence electrons. The van der Waals surface area contributed by atoms with Gasteiger partial charge >= 0.3 is 0 Å². The van der Waals surface area contributed by atoms with E-state index in [1.165, 1.54) is 95.6 Å². The Bertz CT molecular complexity index is 547. The van der Waals surface area contributed by atoms with Gasteiger partial charge in [-0.2, -0.15) is 0 Å². The van der Waals surface area contributed by atoms with E-state index in [9.17, 15) is 0 Å². The Labute approximate surface area is 188 Å². The topological polar surface area (TPSA) is 12.0 Å². The highest BCUT2D eigenvalue weighted by molar-refractivity contribution is 5.16. The number of nitrogens with one attached hydrogen (secondary N) is 1. The van der Waals surface area contributed by atoms with Crippen molar-refractivity contribution in [1.29, 1.82) is 0 Å². The molecule has 1 heteroatoms. The second-order valence-electron chi connectivity index (χ2n) is 12.1. The first-order valence-corrected chi connectivity index (χ1v) is 13.0. The van der Waals surface area contributed by atoms with Gasteiger partial charge in [0.15, 0.2) is 0 Å². The summed E-state index contributed by atoms with van der Waals surface area (Å²) < 4.78 is 0. The molecule has 2 rings (SSSR count). The van der Waals surface area contributed by atoms with E-state index >= 15 is 0 Å². The molecule has 0 spiro atoms. The van der Waals surface area contributed by atoms with E-state index in [0.717, 1.165) is 12.0 Å². The number of rotatable bonds is 13. The summed E-state index contributed by atoms with van der Waals surface area (Å²) in [5, 5.41) is 3.96. The molecule has 1 aliphatic rings. The predicted octanol–water partition coefficient (Wildman–Crippen LogP) is 8.57. The molecule has 1 unspecified atom stereocenters. The molecule has 1 nitrogen and oxygen atoms in total. The van der Waals surface area contributed by atoms with Crippen LogP contribution in [0.15, 0.2) is 30.3 Å². The molecule has 0 aromatic heterocycles. The molecule has 1 aromatic carbocycles. The third-order valence-corrected chi connectivity index (χ3v) is 7.08. The molecule has 0 amide bonds. The Morgan fingerprint density at radius 3 is 2.17 bits per heavy atom. The van der Waals surface area contributed by atoms with Crippen molar-refractivity contribution in [1.82, 2.24) is 5.32 Å². The lowest BCUT2D eigenvalue weighted by Gasteiger charge is -2.28. The average Bonchev–Trinajstić information content (AvgIpc) is 2.69. The molecule has 0 bridgehead atoms. The fourth-order valence-corrected chi connectivity index (χ4v) is 5.18. The number of hydrogen-bond acceptors (Lipinski definition) is 1. The second kappa shape index (κ2) is 12.9. The van der Waals surface area contributed by atoms with Gasteiger partial charge in [-0.25, -0.2) is 0 Å². The van der Waals surface area contributed by atoms with Gasteiger partial charge in [-0.3, -0.25) is 0 Å². The quantitative estimate of drug-likeness (QED) is 0.319. The summed E-state index contributed by atoms with van der Waals surface area (Å²) in [5.41, 5.74) is 2.37. The summed E-state index contributed by atoms with van der Waals surface area (Å²) in [7, 11) is 0. The predicted molar refractivity (Wildman–Crippen MR) is 134 cm³/mol. The van der Waals surface area contributed by atoms with Crippen LogP contribution in [-0.2, 0) is 6.42 Å². The van der Waals surface area contributed by atoms with Crippen molar-refractivity contribution in [3.8, 4) is 0 Å². The van der Waals surface area contributed by atoms with Crippen LogP contribution in [-0.4, -0.2) is 12.6 Å². The maximum absolute atomic E-state index is 3.96. The van der Waals surface area contributed by atoms with Crippen molar-refractivity contribution in [2.75, 3.05) is 6.54 Å². The summed E-state index contributed by atoms with van der Waals surface area (Å²) in [6, 6.07) is 11.8. The normalized spacial score (nSPS) is 17.2. The van der Waals surface area contributed by atoms with Gasteiger partial charge in [0.2, 0.25) is 0 Å². The van der Waals surface area contributed by atoms with E-state index in [0.29, 0.717) is 10.8 Å². The zero-order chi connectivity index (χ0) is 21.9. The minimum Gasteiger partial charge on any atom is -0.314 e. The molecular weight excluding hydrogens is 362 g/mol. The molecule has 30 heavy (non-hydrogen) atoms. The molecule has 1 saturated carbocycles. The van der Waals surface area contributed by atoms with Crippen LogP contribution in [0.2, 0.25) is 0 Å². The molecule has 0 aliphatic heterocycles. The zero-order valence-electron chi connectivity index (χ0n) is 20.9. The number of benzene rings is 1. The first-order chi connectivity index (χ1) is 14.2. The lowest BCUT2D eigenvalue weighted by molar-refractivity contribution is 0.285. The van der Waals surface area contributed by atoms with Crippen molar-refractivity contribution >= 4 is 0 Å². The van der Waals surface area contributed by atoms with Gasteiger partial charge in [-0.15, -0.1) is 0 Å². The minimum atomic E-state index is 0.406. The molecule has 1 N–H and O–H groups in total. The molecule has 1 fully saturated rings. The summed E-state index contributed by atoms with van der Waals surface area (Å²) in [6.07, 6.45) is 18.0. The van der Waals surface area contributed by atoms with Gasteiger partial charge in [-0.05, 0) is 73.8 Å². The molecule has 1 aliphatic carbocycles. The Morgan fingerprint density at radius 1 is 0.833 bits per heavy atom. The smallest absolute Gasteiger partial charge is 0.00671 e. The van der Waals surface area contributed by atoms with Crippen molar-refractivity contribution in [2.24, 2.45) is 16.7 Å². The Hall–Kier alpha value is -0.820. The Balaban J connectivity index is 1.72. The maximum atomic E-state index is 3.96. The highest BCUT2D eigenvalue weighted by Gasteiger charge is 2.20. The van der Waals surface area contributed by atoms with Crippen LogP contribution in [0.25, 0.3) is 0 Å². The van der Waals surface area contributed by atoms with E-state index in [-0.39, 0.29) is 0 Å². The molecule has 0 radical (unpaired) electrons. The summed E-state index contributed by atoms with van der Waals surface area (Å²) in [5.74, 6) is 0.867. The highest BCUT2D eigenvalue weighted by atomic mass is 14.9. The van der Waals surface area contributed by atoms with Crippen LogP contribution in [0, 0.1) is 16.7 Å². The van der Waals surface area contributed by atoms with E-state index in [1.54, 1.807) is 0 Å². The fraction of sp³-hybridized carbons (Fsp3) is 0.793. The van der Waals surface area contributed by atoms with E-state index in [4.69, 9.17) is 0 Å². The number of hydrogen-bond donors (Lipinski definition) is 1. The third kappa shape index (κ3) is 11.5. The van der Waals surface area contributed by atoms with Gasteiger partial charge < -0.3 is 5.32 Å². The standard InChI is InChI=1S/C29H51N/c1-28(2,3)21-14-18-26(24-30-27-19-10-7-11-20-27)17-12-13-22-29(4,5)23-25-15-8-6-9-16-25/h6,8-9,15-16,26-27,30H,7,10-14,17-24H2,1-5H3. The molecule has 1 aromatic rings. The lowest BCUT2D eigenvalue weighted by Crippen LogP contribution is -2.35. The summed E-state index contributed by atoms with van der Waals surface area (Å²) >= 11 is 0. The molecule has 0 heterocycles. The van der Waals surface area contributed by atoms with E-state index in [2.05, 4.69) is 70.3 Å². The van der Waals surface area contributed by atoms with Crippen LogP contribution in [0.5, 0.6) is 0 Å². The number of unbranched alkanes of at least 4 members (excludes halogenated alkanes) is 1. The third-order valence-electron chi connectivity index (χ3n) is 7.08. The van der Waals surface area contributed by atoms with E-state index < -0.39 is 0 Å². The van der Waals surface area contributed by atoms with Gasteiger partial charge in [0.1, 0.15) is 0 Å². The summed E-state index contributed by atoms with van der Waals surface area (Å²) in [4.78, 5) is 0.